The van der Waals surface area contributed by atoms with E-state index in [9.17, 15) is 9.59 Å². The number of hydrogen-bond acceptors (Lipinski definition) is 4. The predicted molar refractivity (Wildman–Crippen MR) is 108 cm³/mol. The molecule has 0 saturated heterocycles. The zero-order chi connectivity index (χ0) is 19.9. The molecule has 0 atom stereocenters. The Bertz CT molecular complexity index is 1170. The third kappa shape index (κ3) is 2.85. The predicted octanol–water partition coefficient (Wildman–Crippen LogP) is 3.28. The number of rotatable bonds is 4. The first-order valence-corrected chi connectivity index (χ1v) is 8.70. The van der Waals surface area contributed by atoms with E-state index in [4.69, 9.17) is 6.57 Å². The highest BCUT2D eigenvalue weighted by molar-refractivity contribution is 6.00. The minimum absolute atomic E-state index is 0.0759. The van der Waals surface area contributed by atoms with Crippen LogP contribution in [0.1, 0.15) is 25.1 Å². The van der Waals surface area contributed by atoms with E-state index in [1.165, 1.54) is 0 Å². The summed E-state index contributed by atoms with van der Waals surface area (Å²) in [6.07, 6.45) is 0.805. The molecule has 27 heavy (non-hydrogen) atoms. The molecule has 3 rings (SSSR count). The number of pyridine rings is 2. The molecule has 0 radical (unpaired) electrons. The number of aromatic nitrogens is 2. The number of nitrogens with zero attached hydrogens (tertiary/aromatic N) is 4. The van der Waals surface area contributed by atoms with Crippen LogP contribution in [-0.4, -0.2) is 29.9 Å². The Morgan fingerprint density at radius 3 is 2.48 bits per heavy atom. The molecule has 0 fully saturated rings. The van der Waals surface area contributed by atoms with Crippen LogP contribution >= 0.6 is 0 Å². The van der Waals surface area contributed by atoms with Gasteiger partial charge in [-0.25, -0.2) is 11.6 Å². The van der Waals surface area contributed by atoms with E-state index >= 15 is 0 Å². The average molecular weight is 362 g/mol. The highest BCUT2D eigenvalue weighted by Gasteiger charge is 2.29. The van der Waals surface area contributed by atoms with Gasteiger partial charge in [-0.15, -0.1) is 0 Å². The second kappa shape index (κ2) is 6.51. The lowest BCUT2D eigenvalue weighted by Crippen LogP contribution is -2.20. The van der Waals surface area contributed by atoms with Crippen LogP contribution in [-0.2, 0) is 16.9 Å². The van der Waals surface area contributed by atoms with Crippen LogP contribution in [0.4, 0.5) is 5.69 Å². The summed E-state index contributed by atoms with van der Waals surface area (Å²) < 4.78 is 1.78. The van der Waals surface area contributed by atoms with Gasteiger partial charge in [-0.3, -0.25) is 4.79 Å². The fraction of sp³-hybridized carbons (Fsp3) is 0.333. The number of carbonyl (C=O) groups is 1. The third-order valence-corrected chi connectivity index (χ3v) is 4.85. The topological polar surface area (TPSA) is 59.6 Å². The van der Waals surface area contributed by atoms with Crippen LogP contribution in [0.2, 0.25) is 0 Å². The fourth-order valence-electron chi connectivity index (χ4n) is 3.43. The molecule has 0 saturated carbocycles. The Morgan fingerprint density at radius 1 is 1.22 bits per heavy atom. The van der Waals surface area contributed by atoms with Gasteiger partial charge in [-0.1, -0.05) is 6.07 Å². The maximum atomic E-state index is 13.1. The summed E-state index contributed by atoms with van der Waals surface area (Å²) in [5.74, 6) is 0. The summed E-state index contributed by atoms with van der Waals surface area (Å²) in [6, 6.07) is 7.15. The molecule has 138 valence electrons. The van der Waals surface area contributed by atoms with Crippen molar-refractivity contribution < 1.29 is 4.79 Å². The summed E-state index contributed by atoms with van der Waals surface area (Å²) in [4.78, 5) is 34.8. The van der Waals surface area contributed by atoms with E-state index < -0.39 is 5.54 Å². The molecule has 0 unspecified atom stereocenters. The van der Waals surface area contributed by atoms with Crippen LogP contribution in [0.25, 0.3) is 26.8 Å². The lowest BCUT2D eigenvalue weighted by molar-refractivity contribution is -0.108. The largest absolute Gasteiger partial charge is 0.376 e. The molecular formula is C21H22N4O2. The number of aryl methyl sites for hydroxylation is 1. The zero-order valence-electron chi connectivity index (χ0n) is 16.2. The Morgan fingerprint density at radius 2 is 1.89 bits per heavy atom. The molecule has 0 aliphatic heterocycles. The first kappa shape index (κ1) is 18.6. The third-order valence-electron chi connectivity index (χ3n) is 4.85. The van der Waals surface area contributed by atoms with Crippen LogP contribution in [0.3, 0.4) is 0 Å². The Balaban J connectivity index is 2.60. The van der Waals surface area contributed by atoms with Crippen molar-refractivity contribution in [1.82, 2.24) is 9.55 Å². The van der Waals surface area contributed by atoms with Gasteiger partial charge in [0.15, 0.2) is 5.43 Å². The van der Waals surface area contributed by atoms with E-state index in [-0.39, 0.29) is 12.0 Å². The van der Waals surface area contributed by atoms with Crippen molar-refractivity contribution in [2.24, 2.45) is 0 Å². The summed E-state index contributed by atoms with van der Waals surface area (Å²) in [5, 5.41) is 1.00. The zero-order valence-corrected chi connectivity index (χ0v) is 16.2. The van der Waals surface area contributed by atoms with Gasteiger partial charge in [0, 0.05) is 33.3 Å². The van der Waals surface area contributed by atoms with Crippen LogP contribution in [0.15, 0.2) is 29.1 Å². The molecule has 0 bridgehead atoms. The average Bonchev–Trinajstić information content (AvgIpc) is 2.64. The second-order valence-corrected chi connectivity index (χ2v) is 7.37. The van der Waals surface area contributed by atoms with E-state index in [2.05, 4.69) is 9.83 Å². The SMILES string of the molecule is [C-]#[N+]C(C)(C)c1ccc2c(=O)c3ccc(C)c(N(C)C)c3n(CC=O)c2n1. The maximum absolute atomic E-state index is 13.1. The number of anilines is 1. The number of benzene rings is 1. The minimum atomic E-state index is -0.817. The lowest BCUT2D eigenvalue weighted by atomic mass is 10.00. The molecule has 3 aromatic rings. The molecule has 0 aliphatic carbocycles. The lowest BCUT2D eigenvalue weighted by Gasteiger charge is -2.22. The molecule has 6 heteroatoms. The number of aldehydes is 1. The minimum Gasteiger partial charge on any atom is -0.376 e. The molecular weight excluding hydrogens is 340 g/mol. The van der Waals surface area contributed by atoms with Crippen molar-refractivity contribution in [3.05, 3.63) is 57.2 Å². The van der Waals surface area contributed by atoms with Crippen molar-refractivity contribution >= 4 is 33.9 Å². The van der Waals surface area contributed by atoms with Crippen LogP contribution in [0, 0.1) is 13.5 Å². The fourth-order valence-corrected chi connectivity index (χ4v) is 3.43. The summed E-state index contributed by atoms with van der Waals surface area (Å²) in [5.41, 5.74) is 2.64. The van der Waals surface area contributed by atoms with Gasteiger partial charge in [-0.05, 0) is 30.7 Å². The van der Waals surface area contributed by atoms with Gasteiger partial charge in [-0.2, -0.15) is 0 Å². The molecule has 6 nitrogen and oxygen atoms in total. The van der Waals surface area contributed by atoms with Crippen molar-refractivity contribution in [2.45, 2.75) is 32.9 Å². The van der Waals surface area contributed by atoms with Crippen molar-refractivity contribution in [3.63, 3.8) is 0 Å². The van der Waals surface area contributed by atoms with Gasteiger partial charge in [0.2, 0.25) is 0 Å². The number of fused-ring (bicyclic) bond motifs is 2. The Hall–Kier alpha value is -3.20. The van der Waals surface area contributed by atoms with Crippen molar-refractivity contribution in [1.29, 1.82) is 0 Å². The standard InChI is InChI=1S/C21H22N4O2/c1-13-7-8-14-18(17(13)24(5)6)25(11-12-26)20-15(19(14)27)9-10-16(23-20)21(2,3)22-4/h7-10,12H,11H2,1-3,5-6H3. The van der Waals surface area contributed by atoms with Crippen LogP contribution < -0.4 is 10.3 Å². The first-order chi connectivity index (χ1) is 12.7. The smallest absolute Gasteiger partial charge is 0.268 e. The van der Waals surface area contributed by atoms with E-state index in [1.54, 1.807) is 36.6 Å². The van der Waals surface area contributed by atoms with Crippen LogP contribution in [0.5, 0.6) is 0 Å². The normalized spacial score (nSPS) is 11.6. The number of hydrogen-bond donors (Lipinski definition) is 0. The summed E-state index contributed by atoms with van der Waals surface area (Å²) in [6.45, 7) is 13.0. The van der Waals surface area contributed by atoms with Gasteiger partial charge >= 0.3 is 0 Å². The molecule has 0 N–H and O–H groups in total. The van der Waals surface area contributed by atoms with Gasteiger partial charge in [0.25, 0.3) is 5.54 Å². The highest BCUT2D eigenvalue weighted by atomic mass is 16.1. The maximum Gasteiger partial charge on any atom is 0.268 e. The molecule has 1 aromatic carbocycles. The van der Waals surface area contributed by atoms with Gasteiger partial charge in [0.1, 0.15) is 17.6 Å². The molecule has 0 aliphatic rings. The Kier molecular flexibility index (Phi) is 4.48. The van der Waals surface area contributed by atoms with E-state index in [1.807, 2.05) is 32.0 Å². The second-order valence-electron chi connectivity index (χ2n) is 7.37. The number of carbonyl (C=O) groups excluding carboxylic acids is 1. The molecule has 2 heterocycles. The van der Waals surface area contributed by atoms with Gasteiger partial charge < -0.3 is 19.1 Å². The summed E-state index contributed by atoms with van der Waals surface area (Å²) in [7, 11) is 3.82. The molecule has 2 aromatic heterocycles. The highest BCUT2D eigenvalue weighted by Crippen LogP contribution is 2.31. The monoisotopic (exact) mass is 362 g/mol. The van der Waals surface area contributed by atoms with Gasteiger partial charge in [0.05, 0.1) is 23.1 Å². The van der Waals surface area contributed by atoms with E-state index in [0.717, 1.165) is 17.5 Å². The first-order valence-electron chi connectivity index (χ1n) is 8.70. The summed E-state index contributed by atoms with van der Waals surface area (Å²) >= 11 is 0. The van der Waals surface area contributed by atoms with E-state index in [0.29, 0.717) is 27.6 Å². The molecule has 0 spiro atoms. The van der Waals surface area contributed by atoms with Crippen molar-refractivity contribution in [2.75, 3.05) is 19.0 Å². The quantitative estimate of drug-likeness (QED) is 0.406. The Labute approximate surface area is 157 Å². The van der Waals surface area contributed by atoms with Crippen molar-refractivity contribution in [3.8, 4) is 0 Å². The molecule has 0 amide bonds.